The number of carbonyl (C=O) groups is 1. The van der Waals surface area contributed by atoms with E-state index in [0.29, 0.717) is 17.1 Å². The second-order valence-corrected chi connectivity index (χ2v) is 7.38. The van der Waals surface area contributed by atoms with Crippen LogP contribution in [0.1, 0.15) is 37.8 Å². The van der Waals surface area contributed by atoms with Crippen LogP contribution in [0.25, 0.3) is 0 Å². The highest BCUT2D eigenvalue weighted by Gasteiger charge is 2.31. The van der Waals surface area contributed by atoms with Crippen molar-refractivity contribution < 1.29 is 9.53 Å². The summed E-state index contributed by atoms with van der Waals surface area (Å²) in [6, 6.07) is 2.33. The molecule has 25 heavy (non-hydrogen) atoms. The minimum Gasteiger partial charge on any atom is -0.473 e. The first-order valence-electron chi connectivity index (χ1n) is 8.47. The third-order valence-corrected chi connectivity index (χ3v) is 5.11. The van der Waals surface area contributed by atoms with Crippen LogP contribution >= 0.6 is 11.3 Å². The van der Waals surface area contributed by atoms with Crippen LogP contribution in [0.15, 0.2) is 18.6 Å². The Hall–Kier alpha value is -2.06. The lowest BCUT2D eigenvalue weighted by molar-refractivity contribution is -0.114. The average molecular weight is 361 g/mol. The second-order valence-electron chi connectivity index (χ2n) is 6.27. The van der Waals surface area contributed by atoms with Gasteiger partial charge in [0, 0.05) is 55.3 Å². The van der Waals surface area contributed by atoms with E-state index in [9.17, 15) is 4.79 Å². The fraction of sp³-hybridized carbons (Fsp3) is 0.529. The Morgan fingerprint density at radius 1 is 1.44 bits per heavy atom. The second kappa shape index (κ2) is 7.88. The van der Waals surface area contributed by atoms with Gasteiger partial charge in [-0.2, -0.15) is 0 Å². The smallest absolute Gasteiger partial charge is 0.223 e. The van der Waals surface area contributed by atoms with Gasteiger partial charge < -0.3 is 10.1 Å². The number of carbonyl (C=O) groups excluding carboxylic acids is 1. The van der Waals surface area contributed by atoms with E-state index in [4.69, 9.17) is 4.74 Å². The Labute approximate surface area is 151 Å². The van der Waals surface area contributed by atoms with Gasteiger partial charge in [-0.3, -0.25) is 9.69 Å². The van der Waals surface area contributed by atoms with Crippen molar-refractivity contribution >= 4 is 22.4 Å². The number of nitrogens with one attached hydrogen (secondary N) is 1. The maximum Gasteiger partial charge on any atom is 0.223 e. The lowest BCUT2D eigenvalue weighted by Crippen LogP contribution is -2.27. The Balaban J connectivity index is 1.57. The summed E-state index contributed by atoms with van der Waals surface area (Å²) < 4.78 is 6.05. The Morgan fingerprint density at radius 3 is 3.04 bits per heavy atom. The van der Waals surface area contributed by atoms with E-state index in [-0.39, 0.29) is 12.0 Å². The van der Waals surface area contributed by atoms with Crippen LogP contribution in [0.4, 0.5) is 5.13 Å². The third kappa shape index (κ3) is 4.73. The Kier molecular flexibility index (Phi) is 5.60. The van der Waals surface area contributed by atoms with E-state index in [1.165, 1.54) is 18.3 Å². The van der Waals surface area contributed by atoms with Crippen molar-refractivity contribution in [2.24, 2.45) is 0 Å². The van der Waals surface area contributed by atoms with Crippen molar-refractivity contribution in [3.05, 3.63) is 29.2 Å². The van der Waals surface area contributed by atoms with Gasteiger partial charge in [-0.25, -0.2) is 15.0 Å². The molecule has 2 aromatic rings. The van der Waals surface area contributed by atoms with Gasteiger partial charge in [0.1, 0.15) is 12.4 Å². The fourth-order valence-electron chi connectivity index (χ4n) is 2.95. The Bertz CT molecular complexity index is 735. The molecule has 0 spiro atoms. The first-order valence-corrected chi connectivity index (χ1v) is 9.29. The van der Waals surface area contributed by atoms with Crippen molar-refractivity contribution in [1.29, 1.82) is 0 Å². The molecule has 8 heteroatoms. The predicted octanol–water partition coefficient (Wildman–Crippen LogP) is 2.50. The van der Waals surface area contributed by atoms with E-state index in [1.807, 2.05) is 12.3 Å². The lowest BCUT2D eigenvalue weighted by atomic mass is 10.2. The maximum absolute atomic E-state index is 11.1. The number of hydrogen-bond donors (Lipinski definition) is 1. The highest BCUT2D eigenvalue weighted by Crippen LogP contribution is 2.26. The highest BCUT2D eigenvalue weighted by atomic mass is 32.1. The molecular formula is C17H23N5O2S. The van der Waals surface area contributed by atoms with Gasteiger partial charge in [-0.1, -0.05) is 6.92 Å². The third-order valence-electron chi connectivity index (χ3n) is 4.21. The molecule has 3 rings (SSSR count). The number of likely N-dealkylation sites (tertiary alicyclic amines) is 1. The highest BCUT2D eigenvalue weighted by molar-refractivity contribution is 7.15. The molecule has 2 aromatic heterocycles. The molecule has 0 radical (unpaired) electrons. The standard InChI is InChI=1S/C17H23N5O2S/c1-4-13-6-16(20-10-19-13)24-14-5-11(2)22(8-14)9-15-7-18-17(25-15)21-12(3)23/h6-7,10-11,14H,4-5,8-9H2,1-3H3,(H,18,21,23)/t11-,14+/m0/s1. The van der Waals surface area contributed by atoms with E-state index in [0.717, 1.165) is 36.5 Å². The molecule has 3 heterocycles. The number of nitrogens with zero attached hydrogens (tertiary/aromatic N) is 4. The molecular weight excluding hydrogens is 338 g/mol. The summed E-state index contributed by atoms with van der Waals surface area (Å²) in [5.41, 5.74) is 0.989. The van der Waals surface area contributed by atoms with Crippen molar-refractivity contribution in [2.75, 3.05) is 11.9 Å². The molecule has 0 aromatic carbocycles. The zero-order valence-electron chi connectivity index (χ0n) is 14.7. The number of aryl methyl sites for hydroxylation is 1. The molecule has 1 aliphatic rings. The molecule has 134 valence electrons. The van der Waals surface area contributed by atoms with Gasteiger partial charge in [0.2, 0.25) is 11.8 Å². The van der Waals surface area contributed by atoms with Crippen LogP contribution < -0.4 is 10.1 Å². The maximum atomic E-state index is 11.1. The Morgan fingerprint density at radius 2 is 2.28 bits per heavy atom. The molecule has 0 bridgehead atoms. The number of aromatic nitrogens is 3. The van der Waals surface area contributed by atoms with Crippen LogP contribution in [0, 0.1) is 0 Å². The number of anilines is 1. The number of hydrogen-bond acceptors (Lipinski definition) is 7. The van der Waals surface area contributed by atoms with E-state index >= 15 is 0 Å². The predicted molar refractivity (Wildman–Crippen MR) is 96.7 cm³/mol. The summed E-state index contributed by atoms with van der Waals surface area (Å²) in [7, 11) is 0. The largest absolute Gasteiger partial charge is 0.473 e. The molecule has 1 amide bonds. The van der Waals surface area contributed by atoms with Gasteiger partial charge in [0.05, 0.1) is 0 Å². The first-order chi connectivity index (χ1) is 12.0. The van der Waals surface area contributed by atoms with Crippen LogP contribution in [-0.2, 0) is 17.8 Å². The van der Waals surface area contributed by atoms with Crippen LogP contribution in [0.2, 0.25) is 0 Å². The zero-order valence-corrected chi connectivity index (χ0v) is 15.5. The molecule has 1 aliphatic heterocycles. The van der Waals surface area contributed by atoms with Crippen molar-refractivity contribution in [2.45, 2.75) is 52.3 Å². The summed E-state index contributed by atoms with van der Waals surface area (Å²) in [6.45, 7) is 7.41. The van der Waals surface area contributed by atoms with Crippen LogP contribution in [0.5, 0.6) is 5.88 Å². The van der Waals surface area contributed by atoms with Gasteiger partial charge in [0.15, 0.2) is 5.13 Å². The molecule has 0 saturated carbocycles. The summed E-state index contributed by atoms with van der Waals surface area (Å²) >= 11 is 1.51. The number of amides is 1. The average Bonchev–Trinajstić information content (AvgIpc) is 3.14. The molecule has 2 atom stereocenters. The minimum atomic E-state index is -0.0970. The topological polar surface area (TPSA) is 80.2 Å². The summed E-state index contributed by atoms with van der Waals surface area (Å²) in [4.78, 5) is 27.3. The number of rotatable bonds is 6. The molecule has 7 nitrogen and oxygen atoms in total. The van der Waals surface area contributed by atoms with Gasteiger partial charge in [-0.15, -0.1) is 11.3 Å². The molecule has 1 N–H and O–H groups in total. The SMILES string of the molecule is CCc1cc(O[C@@H]2C[C@H](C)N(Cc3cnc(NC(C)=O)s3)C2)ncn1. The summed E-state index contributed by atoms with van der Waals surface area (Å²) in [5, 5.41) is 3.37. The molecule has 1 saturated heterocycles. The number of ether oxygens (including phenoxy) is 1. The van der Waals surface area contributed by atoms with E-state index in [2.05, 4.69) is 39.0 Å². The minimum absolute atomic E-state index is 0.0970. The monoisotopic (exact) mass is 361 g/mol. The van der Waals surface area contributed by atoms with Crippen LogP contribution in [0.3, 0.4) is 0 Å². The molecule has 0 unspecified atom stereocenters. The fourth-order valence-corrected chi connectivity index (χ4v) is 3.83. The molecule has 0 aliphatic carbocycles. The van der Waals surface area contributed by atoms with Crippen LogP contribution in [-0.4, -0.2) is 44.4 Å². The van der Waals surface area contributed by atoms with Crippen molar-refractivity contribution in [3.63, 3.8) is 0 Å². The van der Waals surface area contributed by atoms with Gasteiger partial charge in [-0.05, 0) is 13.3 Å². The number of thiazole rings is 1. The molecule has 1 fully saturated rings. The zero-order chi connectivity index (χ0) is 17.8. The summed E-state index contributed by atoms with van der Waals surface area (Å²) in [6.07, 6.45) is 5.34. The van der Waals surface area contributed by atoms with E-state index < -0.39 is 0 Å². The van der Waals surface area contributed by atoms with Gasteiger partial charge >= 0.3 is 0 Å². The van der Waals surface area contributed by atoms with E-state index in [1.54, 1.807) is 6.33 Å². The first kappa shape index (κ1) is 17.8. The normalized spacial score (nSPS) is 20.6. The van der Waals surface area contributed by atoms with Gasteiger partial charge in [0.25, 0.3) is 0 Å². The summed E-state index contributed by atoms with van der Waals surface area (Å²) in [5.74, 6) is 0.553. The van der Waals surface area contributed by atoms with Crippen molar-refractivity contribution in [1.82, 2.24) is 19.9 Å². The lowest BCUT2D eigenvalue weighted by Gasteiger charge is -2.19. The van der Waals surface area contributed by atoms with Crippen molar-refractivity contribution in [3.8, 4) is 5.88 Å². The quantitative estimate of drug-likeness (QED) is 0.851.